The van der Waals surface area contributed by atoms with Crippen LogP contribution in [0.15, 0.2) is 77.9 Å². The maximum absolute atomic E-state index is 6.06. The molecule has 0 saturated carbocycles. The Hall–Kier alpha value is -3.84. The molecular formula is C26H24N3O+. The number of hydrogen-bond acceptors (Lipinski definition) is 3. The van der Waals surface area contributed by atoms with Gasteiger partial charge in [0.25, 0.3) is 0 Å². The Morgan fingerprint density at radius 1 is 1.10 bits per heavy atom. The summed E-state index contributed by atoms with van der Waals surface area (Å²) < 4.78 is 8.19. The lowest BCUT2D eigenvalue weighted by Crippen LogP contribution is -2.09. The molecule has 0 amide bonds. The molecule has 0 bridgehead atoms. The van der Waals surface area contributed by atoms with E-state index in [1.165, 1.54) is 0 Å². The number of pyridine rings is 1. The number of terminal acetylenes is 1. The molecule has 0 unspecified atom stereocenters. The summed E-state index contributed by atoms with van der Waals surface area (Å²) in [4.78, 5) is 6.58. The fourth-order valence-corrected chi connectivity index (χ4v) is 3.54. The molecular weight excluding hydrogens is 370 g/mol. The van der Waals surface area contributed by atoms with Gasteiger partial charge in [-0.05, 0) is 73.5 Å². The van der Waals surface area contributed by atoms with Gasteiger partial charge in [0.15, 0.2) is 6.20 Å². The summed E-state index contributed by atoms with van der Waals surface area (Å²) in [7, 11) is 4.07. The minimum Gasteiger partial charge on any atom is -0.457 e. The normalized spacial score (nSPS) is 17.6. The minimum atomic E-state index is 0.775. The van der Waals surface area contributed by atoms with Gasteiger partial charge in [0, 0.05) is 37.0 Å². The molecule has 2 aliphatic heterocycles. The van der Waals surface area contributed by atoms with Crippen molar-refractivity contribution in [2.45, 2.75) is 13.8 Å². The van der Waals surface area contributed by atoms with Crippen molar-refractivity contribution < 1.29 is 9.31 Å². The second-order valence-electron chi connectivity index (χ2n) is 7.50. The van der Waals surface area contributed by atoms with Gasteiger partial charge in [0.2, 0.25) is 0 Å². The Morgan fingerprint density at radius 3 is 2.63 bits per heavy atom. The number of hydrogen-bond donors (Lipinski definition) is 0. The van der Waals surface area contributed by atoms with Crippen molar-refractivity contribution >= 4 is 23.3 Å². The quantitative estimate of drug-likeness (QED) is 0.538. The summed E-state index contributed by atoms with van der Waals surface area (Å²) in [5.41, 5.74) is 6.35. The second kappa shape index (κ2) is 7.88. The molecule has 4 rings (SSSR count). The number of anilines is 1. The van der Waals surface area contributed by atoms with Gasteiger partial charge in [0.05, 0.1) is 5.56 Å². The summed E-state index contributed by atoms with van der Waals surface area (Å²) in [5, 5.41) is 0. The summed E-state index contributed by atoms with van der Waals surface area (Å²) in [6.07, 6.45) is 17.5. The fourth-order valence-electron chi connectivity index (χ4n) is 3.54. The van der Waals surface area contributed by atoms with Gasteiger partial charge in [-0.1, -0.05) is 5.92 Å². The van der Waals surface area contributed by atoms with Crippen LogP contribution in [0.1, 0.15) is 25.0 Å². The third-order valence-electron chi connectivity index (χ3n) is 5.21. The molecule has 2 aliphatic rings. The van der Waals surface area contributed by atoms with Gasteiger partial charge in [-0.25, -0.2) is 0 Å². The molecule has 1 aromatic carbocycles. The van der Waals surface area contributed by atoms with E-state index in [0.717, 1.165) is 51.1 Å². The van der Waals surface area contributed by atoms with E-state index in [-0.39, 0.29) is 0 Å². The zero-order valence-corrected chi connectivity index (χ0v) is 17.7. The van der Waals surface area contributed by atoms with Crippen molar-refractivity contribution in [3.8, 4) is 18.1 Å². The first-order valence-corrected chi connectivity index (χ1v) is 9.80. The van der Waals surface area contributed by atoms with Crippen LogP contribution >= 0.6 is 0 Å². The first kappa shape index (κ1) is 19.5. The van der Waals surface area contributed by atoms with Crippen LogP contribution in [0.4, 0.5) is 11.5 Å². The van der Waals surface area contributed by atoms with Crippen LogP contribution in [0, 0.1) is 12.3 Å². The maximum atomic E-state index is 6.06. The topological polar surface area (TPSA) is 28.4 Å². The van der Waals surface area contributed by atoms with E-state index in [9.17, 15) is 0 Å². The zero-order valence-electron chi connectivity index (χ0n) is 17.7. The van der Waals surface area contributed by atoms with Gasteiger partial charge in [0.1, 0.15) is 22.9 Å². The van der Waals surface area contributed by atoms with E-state index in [1.54, 1.807) is 6.20 Å². The predicted molar refractivity (Wildman–Crippen MR) is 123 cm³/mol. The Kier molecular flexibility index (Phi) is 5.12. The number of fused-ring (bicyclic) bond motifs is 1. The van der Waals surface area contributed by atoms with Crippen molar-refractivity contribution in [3.63, 3.8) is 0 Å². The molecule has 30 heavy (non-hydrogen) atoms. The van der Waals surface area contributed by atoms with Gasteiger partial charge >= 0.3 is 5.82 Å². The molecule has 148 valence electrons. The van der Waals surface area contributed by atoms with E-state index in [2.05, 4.69) is 64.6 Å². The number of nitrogens with zero attached hydrogens (tertiary/aromatic N) is 3. The molecule has 0 fully saturated rings. The molecule has 0 aliphatic carbocycles. The summed E-state index contributed by atoms with van der Waals surface area (Å²) in [5.74, 6) is 5.13. The minimum absolute atomic E-state index is 0.775. The number of benzene rings is 1. The highest BCUT2D eigenvalue weighted by atomic mass is 16.5. The van der Waals surface area contributed by atoms with Gasteiger partial charge < -0.3 is 9.64 Å². The summed E-state index contributed by atoms with van der Waals surface area (Å²) >= 11 is 0. The van der Waals surface area contributed by atoms with Crippen LogP contribution in [-0.2, 0) is 0 Å². The van der Waals surface area contributed by atoms with Crippen LogP contribution in [0.25, 0.3) is 6.08 Å². The Balaban J connectivity index is 1.60. The van der Waals surface area contributed by atoms with Gasteiger partial charge in [-0.15, -0.1) is 6.42 Å². The van der Waals surface area contributed by atoms with E-state index in [4.69, 9.17) is 11.2 Å². The van der Waals surface area contributed by atoms with E-state index in [0.29, 0.717) is 0 Å². The van der Waals surface area contributed by atoms with Crippen LogP contribution in [0.2, 0.25) is 0 Å². The molecule has 0 N–H and O–H groups in total. The number of ether oxygens (including phenoxy) is 1. The molecule has 3 heterocycles. The lowest BCUT2D eigenvalue weighted by Gasteiger charge is -2.18. The number of allylic oxidation sites excluding steroid dienone is 6. The van der Waals surface area contributed by atoms with Crippen LogP contribution in [-0.4, -0.2) is 29.4 Å². The molecule has 4 nitrogen and oxygen atoms in total. The zero-order chi connectivity index (χ0) is 21.3. The van der Waals surface area contributed by atoms with E-state index < -0.39 is 0 Å². The molecule has 1 aromatic heterocycles. The standard InChI is InChI=1S/C26H24N3O/c1-6-20-7-14-26(27-17-20)29-18(2)15-21(19(29)3)8-11-24-12-9-22-16-23(28(4)5)10-13-25(22)30-24/h1,7-17H,2-5H3/q+1/b21-8+,24-11-. The smallest absolute Gasteiger partial charge is 0.328 e. The van der Waals surface area contributed by atoms with Gasteiger partial charge in [-0.2, -0.15) is 4.58 Å². The van der Waals surface area contributed by atoms with Crippen molar-refractivity contribution in [1.82, 2.24) is 4.98 Å². The highest BCUT2D eigenvalue weighted by Crippen LogP contribution is 2.31. The summed E-state index contributed by atoms with van der Waals surface area (Å²) in [6, 6.07) is 10.1. The molecule has 0 spiro atoms. The van der Waals surface area contributed by atoms with Crippen molar-refractivity contribution in [2.75, 3.05) is 19.0 Å². The highest BCUT2D eigenvalue weighted by Gasteiger charge is 2.23. The average molecular weight is 394 g/mol. The third-order valence-corrected chi connectivity index (χ3v) is 5.21. The Morgan fingerprint density at radius 2 is 1.93 bits per heavy atom. The first-order chi connectivity index (χ1) is 14.5. The van der Waals surface area contributed by atoms with Crippen molar-refractivity contribution in [3.05, 3.63) is 89.0 Å². The molecule has 0 saturated heterocycles. The molecule has 0 radical (unpaired) electrons. The van der Waals surface area contributed by atoms with Gasteiger partial charge in [-0.3, -0.25) is 0 Å². The van der Waals surface area contributed by atoms with E-state index in [1.807, 2.05) is 44.4 Å². The third kappa shape index (κ3) is 3.70. The average Bonchev–Trinajstić information content (AvgIpc) is 3.04. The van der Waals surface area contributed by atoms with Crippen molar-refractivity contribution in [1.29, 1.82) is 0 Å². The molecule has 2 aromatic rings. The van der Waals surface area contributed by atoms with E-state index >= 15 is 0 Å². The summed E-state index contributed by atoms with van der Waals surface area (Å²) in [6.45, 7) is 4.16. The monoisotopic (exact) mass is 394 g/mol. The second-order valence-corrected chi connectivity index (χ2v) is 7.50. The Bertz CT molecular complexity index is 1200. The van der Waals surface area contributed by atoms with Crippen LogP contribution in [0.3, 0.4) is 0 Å². The number of rotatable bonds is 3. The Labute approximate surface area is 177 Å². The fraction of sp³-hybridized carbons (Fsp3) is 0.154. The predicted octanol–water partition coefficient (Wildman–Crippen LogP) is 5.07. The maximum Gasteiger partial charge on any atom is 0.328 e. The lowest BCUT2D eigenvalue weighted by molar-refractivity contribution is -0.384. The first-order valence-electron chi connectivity index (χ1n) is 9.80. The highest BCUT2D eigenvalue weighted by molar-refractivity contribution is 5.99. The SMILES string of the molecule is C#Cc1ccc([N+]2=C(C)/C(=C/C=C3/C=Cc4cc(N(C)C)ccc4O3)C=C2C)nc1. The molecule has 0 atom stereocenters. The molecule has 4 heteroatoms. The van der Waals surface area contributed by atoms with Crippen molar-refractivity contribution in [2.24, 2.45) is 0 Å². The van der Waals surface area contributed by atoms with Crippen LogP contribution in [0.5, 0.6) is 5.75 Å². The van der Waals surface area contributed by atoms with Crippen LogP contribution < -0.4 is 9.64 Å². The largest absolute Gasteiger partial charge is 0.457 e. The number of aromatic nitrogens is 1. The lowest BCUT2D eigenvalue weighted by atomic mass is 10.1.